The third-order valence-electron chi connectivity index (χ3n) is 7.11. The Morgan fingerprint density at radius 1 is 0.795 bits per heavy atom. The molecule has 194 valence electrons. The van der Waals surface area contributed by atoms with Crippen LogP contribution in [0.3, 0.4) is 0 Å². The van der Waals surface area contributed by atoms with Crippen molar-refractivity contribution < 1.29 is 23.7 Å². The Bertz CT molecular complexity index is 1650. The van der Waals surface area contributed by atoms with Crippen molar-refractivity contribution in [1.82, 2.24) is 0 Å². The molecular formula is C33H26O5S. The number of hydrogen-bond acceptors (Lipinski definition) is 6. The van der Waals surface area contributed by atoms with Gasteiger partial charge in [-0.15, -0.1) is 11.3 Å². The van der Waals surface area contributed by atoms with Crippen LogP contribution in [0.25, 0.3) is 27.3 Å². The fraction of sp³-hybridized carbons (Fsp3) is 0.121. The lowest BCUT2D eigenvalue weighted by Crippen LogP contribution is -2.34. The number of ether oxygens (including phenoxy) is 4. The lowest BCUT2D eigenvalue weighted by molar-refractivity contribution is 0.0600. The maximum Gasteiger partial charge on any atom is 0.339 e. The van der Waals surface area contributed by atoms with E-state index in [1.165, 1.54) is 7.11 Å². The zero-order chi connectivity index (χ0) is 27.0. The molecule has 0 saturated carbocycles. The highest BCUT2D eigenvalue weighted by Crippen LogP contribution is 2.52. The Morgan fingerprint density at radius 2 is 1.41 bits per heavy atom. The van der Waals surface area contributed by atoms with Crippen LogP contribution in [0.1, 0.15) is 27.0 Å². The van der Waals surface area contributed by atoms with Gasteiger partial charge in [-0.1, -0.05) is 66.7 Å². The van der Waals surface area contributed by atoms with Gasteiger partial charge >= 0.3 is 5.97 Å². The van der Waals surface area contributed by atoms with Crippen molar-refractivity contribution in [2.45, 2.75) is 5.60 Å². The van der Waals surface area contributed by atoms with Crippen molar-refractivity contribution >= 4 is 34.2 Å². The molecule has 0 aliphatic carbocycles. The summed E-state index contributed by atoms with van der Waals surface area (Å²) in [4.78, 5) is 14.4. The molecule has 4 aromatic carbocycles. The summed E-state index contributed by atoms with van der Waals surface area (Å²) >= 11 is 1.56. The second-order valence-corrected chi connectivity index (χ2v) is 10.1. The van der Waals surface area contributed by atoms with E-state index in [9.17, 15) is 4.79 Å². The number of thiophene rings is 1. The minimum atomic E-state index is -0.923. The molecule has 39 heavy (non-hydrogen) atoms. The molecule has 1 aliphatic heterocycles. The molecule has 1 aromatic heterocycles. The van der Waals surface area contributed by atoms with Crippen LogP contribution in [-0.4, -0.2) is 27.3 Å². The molecule has 0 spiro atoms. The highest BCUT2D eigenvalue weighted by molar-refractivity contribution is 7.13. The van der Waals surface area contributed by atoms with Gasteiger partial charge in [0.15, 0.2) is 17.1 Å². The van der Waals surface area contributed by atoms with Gasteiger partial charge in [-0.25, -0.2) is 4.79 Å². The molecule has 0 N–H and O–H groups in total. The highest BCUT2D eigenvalue weighted by Gasteiger charge is 2.40. The molecular weight excluding hydrogens is 508 g/mol. The van der Waals surface area contributed by atoms with E-state index in [1.54, 1.807) is 25.6 Å². The average molecular weight is 535 g/mol. The molecule has 0 unspecified atom stereocenters. The number of fused-ring (bicyclic) bond motifs is 3. The largest absolute Gasteiger partial charge is 0.493 e. The van der Waals surface area contributed by atoms with Crippen LogP contribution in [0.5, 0.6) is 17.2 Å². The molecule has 0 fully saturated rings. The maximum absolute atomic E-state index is 13.5. The van der Waals surface area contributed by atoms with Crippen LogP contribution in [0.15, 0.2) is 96.4 Å². The van der Waals surface area contributed by atoms with E-state index in [1.807, 2.05) is 78.2 Å². The summed E-state index contributed by atoms with van der Waals surface area (Å²) in [5.74, 6) is 1.26. The number of carbonyl (C=O) groups is 1. The monoisotopic (exact) mass is 534 g/mol. The smallest absolute Gasteiger partial charge is 0.339 e. The minimum Gasteiger partial charge on any atom is -0.493 e. The molecule has 0 atom stereocenters. The lowest BCUT2D eigenvalue weighted by Gasteiger charge is -2.37. The number of carbonyl (C=O) groups excluding carboxylic acids is 1. The first-order valence-electron chi connectivity index (χ1n) is 12.5. The summed E-state index contributed by atoms with van der Waals surface area (Å²) < 4.78 is 23.8. The lowest BCUT2D eigenvalue weighted by atomic mass is 9.81. The zero-order valence-corrected chi connectivity index (χ0v) is 22.6. The number of esters is 1. The number of methoxy groups -OCH3 is 3. The van der Waals surface area contributed by atoms with Gasteiger partial charge in [0.2, 0.25) is 0 Å². The van der Waals surface area contributed by atoms with Crippen LogP contribution >= 0.6 is 11.3 Å². The molecule has 0 saturated heterocycles. The number of benzene rings is 4. The zero-order valence-electron chi connectivity index (χ0n) is 21.8. The fourth-order valence-electron chi connectivity index (χ4n) is 5.31. The van der Waals surface area contributed by atoms with Gasteiger partial charge in [-0.3, -0.25) is 0 Å². The molecule has 5 aromatic rings. The van der Waals surface area contributed by atoms with E-state index in [0.29, 0.717) is 28.4 Å². The molecule has 0 bridgehead atoms. The predicted octanol–water partition coefficient (Wildman–Crippen LogP) is 7.72. The topological polar surface area (TPSA) is 54.0 Å². The molecule has 6 rings (SSSR count). The van der Waals surface area contributed by atoms with E-state index in [2.05, 4.69) is 24.3 Å². The van der Waals surface area contributed by atoms with Gasteiger partial charge in [0.25, 0.3) is 0 Å². The van der Waals surface area contributed by atoms with Crippen LogP contribution in [0.2, 0.25) is 0 Å². The maximum atomic E-state index is 13.5. The first-order valence-corrected chi connectivity index (χ1v) is 13.4. The standard InChI is InChI=1S/C33H26O5S/c1-35-26-19-24-25(20-27(26)36-2)31-23(30(32(34)37-3)29(24)28-15-10-18-39-28)16-17-33(38-31,21-11-6-4-7-12-21)22-13-8-5-9-14-22/h4-20H,1-3H3. The Hall–Kier alpha value is -4.55. The van der Waals surface area contributed by atoms with Crippen molar-refractivity contribution in [2.24, 2.45) is 0 Å². The van der Waals surface area contributed by atoms with Gasteiger partial charge in [-0.05, 0) is 41.1 Å². The molecule has 1 aliphatic rings. The summed E-state index contributed by atoms with van der Waals surface area (Å²) in [6, 6.07) is 28.0. The molecule has 6 heteroatoms. The van der Waals surface area contributed by atoms with Crippen molar-refractivity contribution in [3.63, 3.8) is 0 Å². The van der Waals surface area contributed by atoms with Crippen molar-refractivity contribution in [1.29, 1.82) is 0 Å². The number of rotatable bonds is 6. The van der Waals surface area contributed by atoms with E-state index >= 15 is 0 Å². The fourth-order valence-corrected chi connectivity index (χ4v) is 6.10. The Morgan fingerprint density at radius 3 is 1.95 bits per heavy atom. The van der Waals surface area contributed by atoms with Crippen LogP contribution < -0.4 is 14.2 Å². The van der Waals surface area contributed by atoms with Crippen molar-refractivity contribution in [3.05, 3.63) is 119 Å². The second-order valence-electron chi connectivity index (χ2n) is 9.12. The first-order chi connectivity index (χ1) is 19.1. The minimum absolute atomic E-state index is 0.438. The van der Waals surface area contributed by atoms with Crippen molar-refractivity contribution in [2.75, 3.05) is 21.3 Å². The first kappa shape index (κ1) is 24.8. The van der Waals surface area contributed by atoms with Gasteiger partial charge in [-0.2, -0.15) is 0 Å². The van der Waals surface area contributed by atoms with Crippen LogP contribution in [0.4, 0.5) is 0 Å². The Balaban J connectivity index is 1.75. The van der Waals surface area contributed by atoms with E-state index in [-0.39, 0.29) is 0 Å². The van der Waals surface area contributed by atoms with Crippen LogP contribution in [0, 0.1) is 0 Å². The summed E-state index contributed by atoms with van der Waals surface area (Å²) in [7, 11) is 4.61. The van der Waals surface area contributed by atoms with E-state index in [4.69, 9.17) is 18.9 Å². The average Bonchev–Trinajstić information content (AvgIpc) is 3.54. The second kappa shape index (κ2) is 9.97. The van der Waals surface area contributed by atoms with Gasteiger partial charge < -0.3 is 18.9 Å². The SMILES string of the molecule is COC(=O)c1c2c(c3cc(OC)c(OC)cc3c1-c1cccs1)OC(c1ccccc1)(c1ccccc1)C=C2. The molecule has 5 nitrogen and oxygen atoms in total. The third kappa shape index (κ3) is 3.96. The normalized spacial score (nSPS) is 13.4. The summed E-state index contributed by atoms with van der Waals surface area (Å²) in [6.45, 7) is 0. The Labute approximate surface area is 230 Å². The summed E-state index contributed by atoms with van der Waals surface area (Å²) in [6.07, 6.45) is 4.01. The number of hydrogen-bond donors (Lipinski definition) is 0. The van der Waals surface area contributed by atoms with E-state index in [0.717, 1.165) is 32.3 Å². The predicted molar refractivity (Wildman–Crippen MR) is 155 cm³/mol. The molecule has 0 radical (unpaired) electrons. The highest BCUT2D eigenvalue weighted by atomic mass is 32.1. The van der Waals surface area contributed by atoms with Gasteiger partial charge in [0.05, 0.1) is 26.9 Å². The Kier molecular flexibility index (Phi) is 6.33. The third-order valence-corrected chi connectivity index (χ3v) is 8.00. The summed E-state index contributed by atoms with van der Waals surface area (Å²) in [5.41, 5.74) is 2.88. The molecule has 2 heterocycles. The van der Waals surface area contributed by atoms with Gasteiger partial charge in [0.1, 0.15) is 5.75 Å². The van der Waals surface area contributed by atoms with Crippen molar-refractivity contribution in [3.8, 4) is 27.7 Å². The quantitative estimate of drug-likeness (QED) is 0.209. The summed E-state index contributed by atoms with van der Waals surface area (Å²) in [5, 5.41) is 3.60. The van der Waals surface area contributed by atoms with Gasteiger partial charge in [0, 0.05) is 32.5 Å². The van der Waals surface area contributed by atoms with E-state index < -0.39 is 11.6 Å². The van der Waals surface area contributed by atoms with Crippen LogP contribution in [-0.2, 0) is 10.3 Å². The molecule has 0 amide bonds.